The number of nitrogens with one attached hydrogen (secondary N) is 1. The number of esters is 2. The van der Waals surface area contributed by atoms with Crippen LogP contribution in [-0.4, -0.2) is 30.7 Å². The average Bonchev–Trinajstić information content (AvgIpc) is 3.23. The van der Waals surface area contributed by atoms with Crippen molar-refractivity contribution in [1.82, 2.24) is 5.32 Å². The fraction of sp³-hybridized carbons (Fsp3) is 0.758. The molecule has 0 amide bonds. The van der Waals surface area contributed by atoms with Gasteiger partial charge in [-0.3, -0.25) is 9.59 Å². The highest BCUT2D eigenvalue weighted by atomic mass is 16.5. The van der Waals surface area contributed by atoms with Crippen LogP contribution in [0.5, 0.6) is 0 Å². The van der Waals surface area contributed by atoms with Crippen molar-refractivity contribution in [2.45, 2.75) is 105 Å². The Morgan fingerprint density at radius 2 is 1.68 bits per heavy atom. The maximum absolute atomic E-state index is 12.4. The van der Waals surface area contributed by atoms with E-state index in [1.165, 1.54) is 38.2 Å². The molecule has 210 valence electrons. The van der Waals surface area contributed by atoms with Gasteiger partial charge in [0.25, 0.3) is 0 Å². The molecular weight excluding hydrogens is 474 g/mol. The van der Waals surface area contributed by atoms with Gasteiger partial charge in [-0.15, -0.1) is 0 Å². The molecule has 4 aliphatic rings. The number of rotatable bonds is 7. The molecule has 0 heterocycles. The van der Waals surface area contributed by atoms with Gasteiger partial charge in [0.05, 0.1) is 0 Å². The largest absolute Gasteiger partial charge is 0.463 e. The van der Waals surface area contributed by atoms with E-state index >= 15 is 0 Å². The molecule has 0 aromatic heterocycles. The molecule has 0 saturated heterocycles. The third kappa shape index (κ3) is 5.05. The van der Waals surface area contributed by atoms with Gasteiger partial charge in [-0.1, -0.05) is 51.1 Å². The van der Waals surface area contributed by atoms with Gasteiger partial charge in [0.15, 0.2) is 0 Å². The van der Waals surface area contributed by atoms with E-state index in [1.54, 1.807) is 6.92 Å². The summed E-state index contributed by atoms with van der Waals surface area (Å²) >= 11 is 0. The van der Waals surface area contributed by atoms with Gasteiger partial charge in [0, 0.05) is 25.8 Å². The molecular formula is C33H49NO4. The third-order valence-corrected chi connectivity index (χ3v) is 11.7. The lowest BCUT2D eigenvalue weighted by molar-refractivity contribution is -0.197. The lowest BCUT2D eigenvalue weighted by atomic mass is 9.43. The van der Waals surface area contributed by atoms with Crippen LogP contribution in [0.3, 0.4) is 0 Å². The Balaban J connectivity index is 1.33. The van der Waals surface area contributed by atoms with E-state index in [0.29, 0.717) is 35.5 Å². The van der Waals surface area contributed by atoms with E-state index in [2.05, 4.69) is 56.4 Å². The van der Waals surface area contributed by atoms with E-state index in [1.807, 2.05) is 0 Å². The summed E-state index contributed by atoms with van der Waals surface area (Å²) in [6, 6.07) is 10.6. The number of hydrogen-bond donors (Lipinski definition) is 1. The zero-order chi connectivity index (χ0) is 27.1. The van der Waals surface area contributed by atoms with Crippen molar-refractivity contribution < 1.29 is 19.1 Å². The maximum Gasteiger partial charge on any atom is 0.302 e. The second-order valence-electron chi connectivity index (χ2n) is 13.6. The van der Waals surface area contributed by atoms with Crippen LogP contribution < -0.4 is 5.32 Å². The molecule has 5 rings (SSSR count). The molecule has 1 N–H and O–H groups in total. The predicted molar refractivity (Wildman–Crippen MR) is 149 cm³/mol. The minimum atomic E-state index is -0.153. The average molecular weight is 524 g/mol. The van der Waals surface area contributed by atoms with Crippen LogP contribution >= 0.6 is 0 Å². The van der Waals surface area contributed by atoms with Crippen molar-refractivity contribution in [3.63, 3.8) is 0 Å². The summed E-state index contributed by atoms with van der Waals surface area (Å²) in [5.41, 5.74) is 1.58. The molecule has 4 saturated carbocycles. The summed E-state index contributed by atoms with van der Waals surface area (Å²) in [4.78, 5) is 24.1. The van der Waals surface area contributed by atoms with Gasteiger partial charge >= 0.3 is 11.9 Å². The first-order valence-electron chi connectivity index (χ1n) is 15.2. The minimum Gasteiger partial charge on any atom is -0.463 e. The Kier molecular flexibility index (Phi) is 7.97. The Bertz CT molecular complexity index is 996. The van der Waals surface area contributed by atoms with Gasteiger partial charge in [-0.25, -0.2) is 0 Å². The molecule has 0 bridgehead atoms. The molecule has 0 aliphatic heterocycles. The molecule has 1 aromatic rings. The van der Waals surface area contributed by atoms with Crippen molar-refractivity contribution in [2.75, 3.05) is 6.54 Å². The van der Waals surface area contributed by atoms with Gasteiger partial charge in [-0.2, -0.15) is 0 Å². The number of carbonyl (C=O) groups excluding carboxylic acids is 2. The molecule has 4 aliphatic carbocycles. The quantitative estimate of drug-likeness (QED) is 0.411. The fourth-order valence-corrected chi connectivity index (χ4v) is 10.0. The zero-order valence-corrected chi connectivity index (χ0v) is 24.2. The lowest BCUT2D eigenvalue weighted by Gasteiger charge is -2.62. The molecule has 5 nitrogen and oxygen atoms in total. The first-order valence-corrected chi connectivity index (χ1v) is 15.2. The highest BCUT2D eigenvalue weighted by molar-refractivity contribution is 5.66. The van der Waals surface area contributed by atoms with Gasteiger partial charge in [0.1, 0.15) is 12.2 Å². The van der Waals surface area contributed by atoms with E-state index in [0.717, 1.165) is 38.8 Å². The molecule has 10 atom stereocenters. The van der Waals surface area contributed by atoms with Crippen molar-refractivity contribution in [3.8, 4) is 0 Å². The van der Waals surface area contributed by atoms with Crippen molar-refractivity contribution in [3.05, 3.63) is 35.9 Å². The molecule has 5 heteroatoms. The number of fused-ring (bicyclic) bond motifs is 5. The second-order valence-corrected chi connectivity index (χ2v) is 13.6. The van der Waals surface area contributed by atoms with E-state index in [-0.39, 0.29) is 35.0 Å². The summed E-state index contributed by atoms with van der Waals surface area (Å²) in [6.45, 7) is 12.4. The Morgan fingerprint density at radius 3 is 2.39 bits per heavy atom. The molecule has 0 radical (unpaired) electrons. The number of ether oxygens (including phenoxy) is 2. The number of carbonyl (C=O) groups is 2. The van der Waals surface area contributed by atoms with E-state index in [4.69, 9.17) is 9.47 Å². The van der Waals surface area contributed by atoms with Crippen LogP contribution in [-0.2, 0) is 25.6 Å². The first-order chi connectivity index (χ1) is 18.1. The smallest absolute Gasteiger partial charge is 0.302 e. The summed E-state index contributed by atoms with van der Waals surface area (Å²) in [7, 11) is 0. The Morgan fingerprint density at radius 1 is 0.947 bits per heavy atom. The van der Waals surface area contributed by atoms with Gasteiger partial charge < -0.3 is 14.8 Å². The standard InChI is InChI=1S/C33H49NO4/c1-21(19-34-20-24-9-7-6-8-10-24)28-13-14-29-27-12-11-25-17-26(37-22(2)35)15-16-32(25,4)30(27)18-31(33(28,29)5)38-23(3)36/h6-10,21,25-31,34H,11-20H2,1-5H3/t21-,25-,26-,27+,28-,29+,30+,31+,32+,33-/m1/s1. The Hall–Kier alpha value is -1.88. The van der Waals surface area contributed by atoms with Crippen molar-refractivity contribution >= 4 is 11.9 Å². The zero-order valence-electron chi connectivity index (χ0n) is 24.2. The summed E-state index contributed by atoms with van der Waals surface area (Å²) in [5.74, 6) is 3.25. The fourth-order valence-electron chi connectivity index (χ4n) is 10.0. The second kappa shape index (κ2) is 10.9. The SMILES string of the molecule is CC(=O)O[C@@H]1CC[C@@]2(C)[C@H](CC[C@@H]3[C@@H]2C[C@H](OC(C)=O)[C@]2(C)[C@@H]([C@H](C)CNCc4ccccc4)CC[C@@H]32)C1. The van der Waals surface area contributed by atoms with Crippen LogP contribution in [0.25, 0.3) is 0 Å². The van der Waals surface area contributed by atoms with E-state index in [9.17, 15) is 9.59 Å². The third-order valence-electron chi connectivity index (χ3n) is 11.7. The topological polar surface area (TPSA) is 64.6 Å². The molecule has 1 aromatic carbocycles. The van der Waals surface area contributed by atoms with Crippen molar-refractivity contribution in [2.24, 2.45) is 46.3 Å². The summed E-state index contributed by atoms with van der Waals surface area (Å²) < 4.78 is 11.9. The maximum atomic E-state index is 12.4. The van der Waals surface area contributed by atoms with Crippen LogP contribution in [0.4, 0.5) is 0 Å². The number of hydrogen-bond acceptors (Lipinski definition) is 5. The molecule has 38 heavy (non-hydrogen) atoms. The highest BCUT2D eigenvalue weighted by Gasteiger charge is 2.65. The van der Waals surface area contributed by atoms with Crippen LogP contribution in [0.15, 0.2) is 30.3 Å². The monoisotopic (exact) mass is 523 g/mol. The molecule has 4 fully saturated rings. The number of benzene rings is 1. The normalized spacial score (nSPS) is 40.8. The van der Waals surface area contributed by atoms with Crippen LogP contribution in [0, 0.1) is 46.3 Å². The van der Waals surface area contributed by atoms with Gasteiger partial charge in [0.2, 0.25) is 0 Å². The summed E-state index contributed by atoms with van der Waals surface area (Å²) in [5, 5.41) is 3.72. The minimum absolute atomic E-state index is 0.0166. The van der Waals surface area contributed by atoms with E-state index < -0.39 is 0 Å². The molecule has 0 spiro atoms. The van der Waals surface area contributed by atoms with Gasteiger partial charge in [-0.05, 0) is 104 Å². The predicted octanol–water partition coefficient (Wildman–Crippen LogP) is 6.54. The molecule has 0 unspecified atom stereocenters. The lowest BCUT2D eigenvalue weighted by Crippen LogP contribution is -2.60. The van der Waals surface area contributed by atoms with Crippen LogP contribution in [0.1, 0.15) is 91.5 Å². The van der Waals surface area contributed by atoms with Crippen molar-refractivity contribution in [1.29, 1.82) is 0 Å². The van der Waals surface area contributed by atoms with Crippen LogP contribution in [0.2, 0.25) is 0 Å². The highest BCUT2D eigenvalue weighted by Crippen LogP contribution is 2.68. The Labute approximate surface area is 229 Å². The summed E-state index contributed by atoms with van der Waals surface area (Å²) in [6.07, 6.45) is 9.08. The first kappa shape index (κ1) is 27.7.